The molecule has 2 aromatic carbocycles. The van der Waals surface area contributed by atoms with E-state index in [1.807, 2.05) is 38.1 Å². The van der Waals surface area contributed by atoms with Crippen molar-refractivity contribution < 1.29 is 9.59 Å². The Morgan fingerprint density at radius 2 is 1.64 bits per heavy atom. The van der Waals surface area contributed by atoms with Crippen molar-refractivity contribution in [2.24, 2.45) is 0 Å². The number of amides is 2. The fraction of sp³-hybridized carbons (Fsp3) is 0.0870. The maximum absolute atomic E-state index is 12.9. The van der Waals surface area contributed by atoms with Crippen molar-refractivity contribution >= 4 is 23.6 Å². The molecule has 2 amide bonds. The highest BCUT2D eigenvalue weighted by atomic mass is 16.2. The number of benzene rings is 2. The average molecular weight is 371 g/mol. The van der Waals surface area contributed by atoms with Crippen LogP contribution in [0.3, 0.4) is 0 Å². The van der Waals surface area contributed by atoms with Gasteiger partial charge in [0.05, 0.1) is 0 Å². The third-order valence-corrected chi connectivity index (χ3v) is 4.18. The minimum absolute atomic E-state index is 0.153. The van der Waals surface area contributed by atoms with Crippen LogP contribution in [0.2, 0.25) is 0 Å². The first-order chi connectivity index (χ1) is 13.5. The van der Waals surface area contributed by atoms with Gasteiger partial charge in [0.1, 0.15) is 5.70 Å². The van der Waals surface area contributed by atoms with Crippen molar-refractivity contribution in [2.75, 3.05) is 5.32 Å². The largest absolute Gasteiger partial charge is 0.320 e. The van der Waals surface area contributed by atoms with Crippen LogP contribution in [0.5, 0.6) is 0 Å². The van der Waals surface area contributed by atoms with Gasteiger partial charge in [-0.3, -0.25) is 14.6 Å². The molecule has 0 radical (unpaired) electrons. The van der Waals surface area contributed by atoms with Crippen LogP contribution in [0.1, 0.15) is 27.0 Å². The molecule has 1 aromatic heterocycles. The zero-order chi connectivity index (χ0) is 19.9. The number of pyridine rings is 1. The lowest BCUT2D eigenvalue weighted by Gasteiger charge is -2.13. The molecule has 0 aliphatic heterocycles. The fourth-order valence-electron chi connectivity index (χ4n) is 2.71. The van der Waals surface area contributed by atoms with Gasteiger partial charge in [0.15, 0.2) is 0 Å². The number of hydrogen-bond acceptors (Lipinski definition) is 3. The standard InChI is InChI=1S/C23H21N3O2/c1-16-8-9-20(17(2)14-16)25-23(28)21(15-18-10-12-24-13-11-18)26-22(27)19-6-4-3-5-7-19/h3-15H,1-2H3,(H,25,28)(H,26,27)/b21-15+. The molecule has 0 aliphatic rings. The molecule has 0 saturated heterocycles. The molecule has 0 bridgehead atoms. The minimum atomic E-state index is -0.395. The van der Waals surface area contributed by atoms with Gasteiger partial charge in [0.2, 0.25) is 0 Å². The summed E-state index contributed by atoms with van der Waals surface area (Å²) in [6.45, 7) is 3.92. The van der Waals surface area contributed by atoms with Crippen molar-refractivity contribution in [3.05, 3.63) is 101 Å². The van der Waals surface area contributed by atoms with E-state index in [9.17, 15) is 9.59 Å². The van der Waals surface area contributed by atoms with Crippen molar-refractivity contribution in [3.8, 4) is 0 Å². The van der Waals surface area contributed by atoms with E-state index >= 15 is 0 Å². The Bertz CT molecular complexity index is 1010. The normalized spacial score (nSPS) is 11.0. The van der Waals surface area contributed by atoms with Gasteiger partial charge in [-0.05, 0) is 61.4 Å². The number of nitrogens with zero attached hydrogens (tertiary/aromatic N) is 1. The molecule has 28 heavy (non-hydrogen) atoms. The predicted molar refractivity (Wildman–Crippen MR) is 111 cm³/mol. The summed E-state index contributed by atoms with van der Waals surface area (Å²) in [4.78, 5) is 29.5. The van der Waals surface area contributed by atoms with E-state index in [1.54, 1.807) is 54.9 Å². The number of rotatable bonds is 5. The SMILES string of the molecule is Cc1ccc(NC(=O)/C(=C\c2ccncc2)NC(=O)c2ccccc2)c(C)c1. The van der Waals surface area contributed by atoms with E-state index < -0.39 is 5.91 Å². The molecule has 0 spiro atoms. The maximum atomic E-state index is 12.9. The summed E-state index contributed by atoms with van der Waals surface area (Å²) in [6.07, 6.45) is 4.89. The Kier molecular flexibility index (Phi) is 5.97. The van der Waals surface area contributed by atoms with Gasteiger partial charge >= 0.3 is 0 Å². The fourth-order valence-corrected chi connectivity index (χ4v) is 2.71. The number of nitrogens with one attached hydrogen (secondary N) is 2. The molecule has 2 N–H and O–H groups in total. The van der Waals surface area contributed by atoms with Crippen LogP contribution in [-0.4, -0.2) is 16.8 Å². The second-order valence-electron chi connectivity index (χ2n) is 6.43. The smallest absolute Gasteiger partial charge is 0.272 e. The highest BCUT2D eigenvalue weighted by Crippen LogP contribution is 2.17. The predicted octanol–water partition coefficient (Wildman–Crippen LogP) is 4.11. The van der Waals surface area contributed by atoms with Gasteiger partial charge in [-0.1, -0.05) is 35.9 Å². The summed E-state index contributed by atoms with van der Waals surface area (Å²) in [6, 6.07) is 18.1. The molecule has 5 heteroatoms. The second kappa shape index (κ2) is 8.77. The Morgan fingerprint density at radius 1 is 0.929 bits per heavy atom. The van der Waals surface area contributed by atoms with Crippen LogP contribution >= 0.6 is 0 Å². The second-order valence-corrected chi connectivity index (χ2v) is 6.43. The van der Waals surface area contributed by atoms with E-state index in [0.717, 1.165) is 16.7 Å². The van der Waals surface area contributed by atoms with Crippen LogP contribution in [0.25, 0.3) is 6.08 Å². The first-order valence-electron chi connectivity index (χ1n) is 8.89. The lowest BCUT2D eigenvalue weighted by Crippen LogP contribution is -2.30. The summed E-state index contributed by atoms with van der Waals surface area (Å²) in [5, 5.41) is 5.60. The van der Waals surface area contributed by atoms with Gasteiger partial charge in [-0.15, -0.1) is 0 Å². The molecule has 3 rings (SSSR count). The van der Waals surface area contributed by atoms with Gasteiger partial charge < -0.3 is 10.6 Å². The van der Waals surface area contributed by atoms with Crippen molar-refractivity contribution in [1.29, 1.82) is 0 Å². The zero-order valence-corrected chi connectivity index (χ0v) is 15.8. The minimum Gasteiger partial charge on any atom is -0.320 e. The molecule has 0 fully saturated rings. The van der Waals surface area contributed by atoms with E-state index in [0.29, 0.717) is 11.3 Å². The van der Waals surface area contributed by atoms with Crippen LogP contribution in [-0.2, 0) is 4.79 Å². The number of anilines is 1. The average Bonchev–Trinajstić information content (AvgIpc) is 2.71. The zero-order valence-electron chi connectivity index (χ0n) is 15.8. The number of carbonyl (C=O) groups is 2. The number of aromatic nitrogens is 1. The van der Waals surface area contributed by atoms with Gasteiger partial charge in [0, 0.05) is 23.6 Å². The molecule has 1 heterocycles. The maximum Gasteiger partial charge on any atom is 0.272 e. The summed E-state index contributed by atoms with van der Waals surface area (Å²) in [5.41, 5.74) is 4.15. The number of carbonyl (C=O) groups excluding carboxylic acids is 2. The highest BCUT2D eigenvalue weighted by molar-refractivity contribution is 6.10. The topological polar surface area (TPSA) is 71.1 Å². The molecular weight excluding hydrogens is 350 g/mol. The Labute approximate surface area is 164 Å². The summed E-state index contributed by atoms with van der Waals surface area (Å²) in [7, 11) is 0. The van der Waals surface area contributed by atoms with E-state index in [4.69, 9.17) is 0 Å². The van der Waals surface area contributed by atoms with Gasteiger partial charge in [-0.2, -0.15) is 0 Å². The van der Waals surface area contributed by atoms with Crippen LogP contribution < -0.4 is 10.6 Å². The molecule has 5 nitrogen and oxygen atoms in total. The van der Waals surface area contributed by atoms with Gasteiger partial charge in [-0.25, -0.2) is 0 Å². The quantitative estimate of drug-likeness (QED) is 0.663. The first-order valence-corrected chi connectivity index (χ1v) is 8.89. The van der Waals surface area contributed by atoms with E-state index in [-0.39, 0.29) is 11.6 Å². The van der Waals surface area contributed by atoms with E-state index in [2.05, 4.69) is 15.6 Å². The monoisotopic (exact) mass is 371 g/mol. The molecular formula is C23H21N3O2. The molecule has 0 aliphatic carbocycles. The van der Waals surface area contributed by atoms with Crippen LogP contribution in [0, 0.1) is 13.8 Å². The van der Waals surface area contributed by atoms with Crippen LogP contribution in [0.4, 0.5) is 5.69 Å². The first kappa shape index (κ1) is 19.0. The molecule has 3 aromatic rings. The highest BCUT2D eigenvalue weighted by Gasteiger charge is 2.15. The Hall–Kier alpha value is -3.73. The molecule has 0 unspecified atom stereocenters. The summed E-state index contributed by atoms with van der Waals surface area (Å²) in [5.74, 6) is -0.746. The molecule has 140 valence electrons. The van der Waals surface area contributed by atoms with Crippen molar-refractivity contribution in [2.45, 2.75) is 13.8 Å². The number of aryl methyl sites for hydroxylation is 2. The Morgan fingerprint density at radius 3 is 2.32 bits per heavy atom. The molecule has 0 saturated carbocycles. The summed E-state index contributed by atoms with van der Waals surface area (Å²) < 4.78 is 0. The van der Waals surface area contributed by atoms with Crippen molar-refractivity contribution in [1.82, 2.24) is 10.3 Å². The third kappa shape index (κ3) is 4.92. The van der Waals surface area contributed by atoms with E-state index in [1.165, 1.54) is 0 Å². The van der Waals surface area contributed by atoms with Crippen LogP contribution in [0.15, 0.2) is 78.8 Å². The molecule has 0 atom stereocenters. The van der Waals surface area contributed by atoms with Crippen molar-refractivity contribution in [3.63, 3.8) is 0 Å². The van der Waals surface area contributed by atoms with Gasteiger partial charge in [0.25, 0.3) is 11.8 Å². The summed E-state index contributed by atoms with van der Waals surface area (Å²) >= 11 is 0. The third-order valence-electron chi connectivity index (χ3n) is 4.18. The number of hydrogen-bond donors (Lipinski definition) is 2. The lowest BCUT2D eigenvalue weighted by molar-refractivity contribution is -0.113. The Balaban J connectivity index is 1.88. The lowest BCUT2D eigenvalue weighted by atomic mass is 10.1.